The van der Waals surface area contributed by atoms with E-state index in [-0.39, 0.29) is 17.9 Å². The zero-order valence-electron chi connectivity index (χ0n) is 13.3. The third kappa shape index (κ3) is 2.77. The summed E-state index contributed by atoms with van der Waals surface area (Å²) in [5.41, 5.74) is -0.883. The molecule has 2 amide bonds. The number of nitrogens with one attached hydrogen (secondary N) is 1. The molecule has 7 heteroatoms. The van der Waals surface area contributed by atoms with Crippen LogP contribution < -0.4 is 5.32 Å². The van der Waals surface area contributed by atoms with E-state index >= 15 is 0 Å². The van der Waals surface area contributed by atoms with Gasteiger partial charge in [-0.3, -0.25) is 9.59 Å². The van der Waals surface area contributed by atoms with Crippen LogP contribution in [0, 0.1) is 0 Å². The van der Waals surface area contributed by atoms with Gasteiger partial charge in [0.2, 0.25) is 11.8 Å². The molecule has 0 bridgehead atoms. The Hall–Kier alpha value is -1.92. The van der Waals surface area contributed by atoms with Crippen LogP contribution in [0.25, 0.3) is 0 Å². The molecule has 2 rings (SSSR count). The first-order chi connectivity index (χ1) is 9.77. The maximum atomic E-state index is 12.6. The second-order valence-electron chi connectivity index (χ2n) is 6.19. The summed E-state index contributed by atoms with van der Waals surface area (Å²) in [4.78, 5) is 30.7. The van der Waals surface area contributed by atoms with Crippen molar-refractivity contribution in [2.45, 2.75) is 65.2 Å². The lowest BCUT2D eigenvalue weighted by Crippen LogP contribution is -2.67. The van der Waals surface area contributed by atoms with Gasteiger partial charge >= 0.3 is 0 Å². The first-order valence-corrected chi connectivity index (χ1v) is 7.29. The van der Waals surface area contributed by atoms with E-state index in [4.69, 9.17) is 0 Å². The van der Waals surface area contributed by atoms with E-state index in [2.05, 4.69) is 15.4 Å². The van der Waals surface area contributed by atoms with Crippen molar-refractivity contribution in [2.75, 3.05) is 0 Å². The van der Waals surface area contributed by atoms with Crippen LogP contribution in [0.5, 0.6) is 0 Å². The largest absolute Gasteiger partial charge is 0.340 e. The van der Waals surface area contributed by atoms with Gasteiger partial charge in [-0.2, -0.15) is 5.10 Å². The van der Waals surface area contributed by atoms with E-state index in [1.165, 1.54) is 6.33 Å². The van der Waals surface area contributed by atoms with Crippen molar-refractivity contribution in [3.05, 3.63) is 12.2 Å². The van der Waals surface area contributed by atoms with Crippen molar-refractivity contribution in [3.63, 3.8) is 0 Å². The zero-order valence-corrected chi connectivity index (χ0v) is 13.3. The van der Waals surface area contributed by atoms with Crippen LogP contribution in [0.1, 0.15) is 52.9 Å². The van der Waals surface area contributed by atoms with Crippen LogP contribution in [0.15, 0.2) is 6.33 Å². The lowest BCUT2D eigenvalue weighted by Gasteiger charge is -2.42. The highest BCUT2D eigenvalue weighted by atomic mass is 16.2. The highest BCUT2D eigenvalue weighted by molar-refractivity contribution is 5.99. The van der Waals surface area contributed by atoms with Crippen molar-refractivity contribution in [1.82, 2.24) is 25.0 Å². The molecule has 1 atom stereocenters. The maximum absolute atomic E-state index is 12.6. The fraction of sp³-hybridized carbons (Fsp3) is 0.714. The number of carbonyl (C=O) groups excluding carboxylic acids is 2. The Balaban J connectivity index is 2.32. The molecule has 1 unspecified atom stereocenters. The predicted molar refractivity (Wildman–Crippen MR) is 77.3 cm³/mol. The molecule has 0 radical (unpaired) electrons. The molecule has 1 aliphatic heterocycles. The van der Waals surface area contributed by atoms with Crippen molar-refractivity contribution in [1.29, 1.82) is 0 Å². The fourth-order valence-electron chi connectivity index (χ4n) is 2.65. The van der Waals surface area contributed by atoms with Crippen molar-refractivity contribution in [3.8, 4) is 0 Å². The molecule has 1 N–H and O–H groups in total. The van der Waals surface area contributed by atoms with Gasteiger partial charge < -0.3 is 10.2 Å². The number of rotatable bonds is 4. The van der Waals surface area contributed by atoms with Gasteiger partial charge in [0.1, 0.15) is 23.7 Å². The van der Waals surface area contributed by atoms with Crippen LogP contribution in [-0.4, -0.2) is 43.1 Å². The fourth-order valence-corrected chi connectivity index (χ4v) is 2.65. The smallest absolute Gasteiger partial charge is 0.248 e. The highest BCUT2D eigenvalue weighted by Gasteiger charge is 2.44. The molecule has 1 saturated heterocycles. The van der Waals surface area contributed by atoms with Gasteiger partial charge in [-0.25, -0.2) is 9.67 Å². The number of aromatic nitrogens is 3. The van der Waals surface area contributed by atoms with E-state index in [9.17, 15) is 9.59 Å². The quantitative estimate of drug-likeness (QED) is 0.893. The van der Waals surface area contributed by atoms with Gasteiger partial charge in [-0.05, 0) is 34.1 Å². The second kappa shape index (κ2) is 5.46. The molecular formula is C14H23N5O2. The molecule has 1 aromatic rings. The predicted octanol–water partition coefficient (Wildman–Crippen LogP) is 0.875. The summed E-state index contributed by atoms with van der Waals surface area (Å²) in [6, 6.07) is -0.299. The van der Waals surface area contributed by atoms with E-state index in [0.717, 1.165) is 0 Å². The summed E-state index contributed by atoms with van der Waals surface area (Å²) in [6.45, 7) is 9.65. The number of nitrogens with zero attached hydrogens (tertiary/aromatic N) is 4. The first kappa shape index (κ1) is 15.5. The lowest BCUT2D eigenvalue weighted by atomic mass is 9.95. The molecule has 0 spiro atoms. The molecule has 1 aliphatic rings. The summed E-state index contributed by atoms with van der Waals surface area (Å²) in [5.74, 6) is 0.493. The summed E-state index contributed by atoms with van der Waals surface area (Å²) < 4.78 is 1.78. The standard InChI is InChI=1S/C14H23N5O2/c1-6-10-12(20)17-14(4,5)13(21)18(10)7-11-15-8-16-19(11)9(2)3/h8-10H,6-7H2,1-5H3,(H,17,20). The number of hydrogen-bond donors (Lipinski definition) is 1. The van der Waals surface area contributed by atoms with Gasteiger partial charge in [0.15, 0.2) is 0 Å². The third-order valence-electron chi connectivity index (χ3n) is 3.74. The number of amides is 2. The van der Waals surface area contributed by atoms with Crippen LogP contribution in [0.4, 0.5) is 0 Å². The Morgan fingerprint density at radius 3 is 2.62 bits per heavy atom. The Labute approximate surface area is 124 Å². The topological polar surface area (TPSA) is 80.1 Å². The molecule has 1 aromatic heterocycles. The summed E-state index contributed by atoms with van der Waals surface area (Å²) >= 11 is 0. The van der Waals surface area contributed by atoms with Crippen molar-refractivity contribution in [2.24, 2.45) is 0 Å². The molecule has 7 nitrogen and oxygen atoms in total. The van der Waals surface area contributed by atoms with E-state index in [0.29, 0.717) is 18.8 Å². The average molecular weight is 293 g/mol. The molecule has 2 heterocycles. The van der Waals surface area contributed by atoms with Crippen LogP contribution in [0.3, 0.4) is 0 Å². The average Bonchev–Trinajstić information content (AvgIpc) is 2.83. The van der Waals surface area contributed by atoms with Gasteiger partial charge in [0.05, 0.1) is 6.54 Å². The van der Waals surface area contributed by atoms with Gasteiger partial charge in [0.25, 0.3) is 0 Å². The number of piperazine rings is 1. The molecule has 0 aromatic carbocycles. The monoisotopic (exact) mass is 293 g/mol. The zero-order chi connectivity index (χ0) is 15.8. The minimum Gasteiger partial charge on any atom is -0.340 e. The molecule has 1 fully saturated rings. The van der Waals surface area contributed by atoms with Gasteiger partial charge in [-0.15, -0.1) is 0 Å². The molecular weight excluding hydrogens is 270 g/mol. The third-order valence-corrected chi connectivity index (χ3v) is 3.74. The first-order valence-electron chi connectivity index (χ1n) is 7.29. The van der Waals surface area contributed by atoms with E-state index in [1.807, 2.05) is 20.8 Å². The van der Waals surface area contributed by atoms with Crippen LogP contribution in [0.2, 0.25) is 0 Å². The van der Waals surface area contributed by atoms with Crippen LogP contribution in [-0.2, 0) is 16.1 Å². The van der Waals surface area contributed by atoms with Crippen molar-refractivity contribution >= 4 is 11.8 Å². The van der Waals surface area contributed by atoms with E-state index in [1.54, 1.807) is 23.4 Å². The van der Waals surface area contributed by atoms with Gasteiger partial charge in [0, 0.05) is 6.04 Å². The van der Waals surface area contributed by atoms with Gasteiger partial charge in [-0.1, -0.05) is 6.92 Å². The second-order valence-corrected chi connectivity index (χ2v) is 6.19. The van der Waals surface area contributed by atoms with E-state index < -0.39 is 11.6 Å². The lowest BCUT2D eigenvalue weighted by molar-refractivity contribution is -0.154. The van der Waals surface area contributed by atoms with Crippen LogP contribution >= 0.6 is 0 Å². The summed E-state index contributed by atoms with van der Waals surface area (Å²) in [5, 5.41) is 6.96. The minimum atomic E-state index is -0.883. The number of carbonyl (C=O) groups is 2. The maximum Gasteiger partial charge on any atom is 0.248 e. The SMILES string of the molecule is CCC1C(=O)NC(C)(C)C(=O)N1Cc1ncnn1C(C)C. The Morgan fingerprint density at radius 1 is 1.38 bits per heavy atom. The van der Waals surface area contributed by atoms with Crippen molar-refractivity contribution < 1.29 is 9.59 Å². The highest BCUT2D eigenvalue weighted by Crippen LogP contribution is 2.22. The Kier molecular flexibility index (Phi) is 4.02. The normalized spacial score (nSPS) is 21.8. The molecule has 21 heavy (non-hydrogen) atoms. The molecule has 116 valence electrons. The Morgan fingerprint density at radius 2 is 2.05 bits per heavy atom. The molecule has 0 saturated carbocycles. The Bertz CT molecular complexity index is 549. The summed E-state index contributed by atoms with van der Waals surface area (Å²) in [6.07, 6.45) is 2.05. The minimum absolute atomic E-state index is 0.0905. The number of hydrogen-bond acceptors (Lipinski definition) is 4. The molecule has 0 aliphatic carbocycles. The summed E-state index contributed by atoms with van der Waals surface area (Å²) in [7, 11) is 0.